The molecule has 3 rings (SSSR count). The first-order chi connectivity index (χ1) is 11.9. The molecule has 0 aliphatic heterocycles. The molecule has 0 radical (unpaired) electrons. The summed E-state index contributed by atoms with van der Waals surface area (Å²) >= 11 is 0. The summed E-state index contributed by atoms with van der Waals surface area (Å²) in [4.78, 5) is 0.170. The van der Waals surface area contributed by atoms with Crippen LogP contribution in [0.4, 0.5) is 0 Å². The van der Waals surface area contributed by atoms with Crippen LogP contribution in [0, 0.1) is 0 Å². The lowest BCUT2D eigenvalue weighted by atomic mass is 9.96. The third-order valence-electron chi connectivity index (χ3n) is 4.53. The molecular weight excluding hydrogens is 342 g/mol. The zero-order chi connectivity index (χ0) is 18.1. The summed E-state index contributed by atoms with van der Waals surface area (Å²) in [5.41, 5.74) is 0.316. The highest BCUT2D eigenvalue weighted by atomic mass is 32.2. The molecule has 0 bridgehead atoms. The number of ether oxygens (including phenoxy) is 2. The number of hydrogen-bond acceptors (Lipinski definition) is 5. The number of rotatable bonds is 6. The molecule has 1 aliphatic rings. The van der Waals surface area contributed by atoms with Crippen LogP contribution >= 0.6 is 0 Å². The largest absolute Gasteiger partial charge is 0.493 e. The Morgan fingerprint density at radius 3 is 2.40 bits per heavy atom. The fraction of sp³-hybridized carbons (Fsp3) is 0.333. The Labute approximate surface area is 147 Å². The van der Waals surface area contributed by atoms with Crippen molar-refractivity contribution in [2.24, 2.45) is 0 Å². The maximum atomic E-state index is 12.4. The quantitative estimate of drug-likeness (QED) is 0.818. The first-order valence-electron chi connectivity index (χ1n) is 7.92. The molecule has 0 saturated heterocycles. The van der Waals surface area contributed by atoms with Gasteiger partial charge in [-0.2, -0.15) is 0 Å². The van der Waals surface area contributed by atoms with Crippen molar-refractivity contribution in [1.29, 1.82) is 0 Å². The number of hydrogen-bond donors (Lipinski definition) is 2. The van der Waals surface area contributed by atoms with Crippen molar-refractivity contribution in [3.05, 3.63) is 53.6 Å². The van der Waals surface area contributed by atoms with Gasteiger partial charge in [0.25, 0.3) is 0 Å². The molecule has 25 heavy (non-hydrogen) atoms. The Balaban J connectivity index is 1.86. The van der Waals surface area contributed by atoms with Gasteiger partial charge in [0.15, 0.2) is 11.5 Å². The molecule has 2 aromatic rings. The van der Waals surface area contributed by atoms with Crippen molar-refractivity contribution in [3.63, 3.8) is 0 Å². The third-order valence-corrected chi connectivity index (χ3v) is 5.94. The van der Waals surface area contributed by atoms with E-state index < -0.39 is 15.6 Å². The number of nitrogens with one attached hydrogen (secondary N) is 1. The van der Waals surface area contributed by atoms with Crippen LogP contribution in [0.5, 0.6) is 11.5 Å². The lowest BCUT2D eigenvalue weighted by molar-refractivity contribution is 0.0440. The summed E-state index contributed by atoms with van der Waals surface area (Å²) in [6, 6.07) is 11.7. The van der Waals surface area contributed by atoms with Crippen LogP contribution in [0.25, 0.3) is 0 Å². The summed E-state index contributed by atoms with van der Waals surface area (Å²) in [6.45, 7) is -0.104. The first kappa shape index (κ1) is 17.7. The van der Waals surface area contributed by atoms with Gasteiger partial charge in [-0.15, -0.1) is 0 Å². The van der Waals surface area contributed by atoms with E-state index in [1.807, 2.05) is 6.07 Å². The summed E-state index contributed by atoms with van der Waals surface area (Å²) in [6.07, 6.45) is 1.06. The minimum atomic E-state index is -3.68. The second-order valence-electron chi connectivity index (χ2n) is 6.03. The molecule has 2 N–H and O–H groups in total. The van der Waals surface area contributed by atoms with Gasteiger partial charge < -0.3 is 14.6 Å². The van der Waals surface area contributed by atoms with Crippen molar-refractivity contribution in [2.45, 2.75) is 23.3 Å². The van der Waals surface area contributed by atoms with Crippen LogP contribution in [0.3, 0.4) is 0 Å². The average molecular weight is 363 g/mol. The van der Waals surface area contributed by atoms with E-state index in [1.165, 1.54) is 19.2 Å². The van der Waals surface area contributed by atoms with Gasteiger partial charge >= 0.3 is 0 Å². The summed E-state index contributed by atoms with van der Waals surface area (Å²) < 4.78 is 37.9. The Hall–Kier alpha value is -2.09. The Kier molecular flexibility index (Phi) is 4.73. The minimum Gasteiger partial charge on any atom is -0.493 e. The fourth-order valence-electron chi connectivity index (χ4n) is 3.12. The Morgan fingerprint density at radius 1 is 1.12 bits per heavy atom. The van der Waals surface area contributed by atoms with E-state index >= 15 is 0 Å². The van der Waals surface area contributed by atoms with Gasteiger partial charge in [0.2, 0.25) is 10.0 Å². The van der Waals surface area contributed by atoms with E-state index in [-0.39, 0.29) is 11.4 Å². The van der Waals surface area contributed by atoms with Gasteiger partial charge in [0.05, 0.1) is 19.1 Å². The van der Waals surface area contributed by atoms with Crippen molar-refractivity contribution in [1.82, 2.24) is 4.72 Å². The molecule has 0 spiro atoms. The molecule has 7 heteroatoms. The lowest BCUT2D eigenvalue weighted by Gasteiger charge is -2.25. The molecule has 0 amide bonds. The van der Waals surface area contributed by atoms with Crippen LogP contribution in [0.1, 0.15) is 17.5 Å². The predicted molar refractivity (Wildman–Crippen MR) is 93.4 cm³/mol. The monoisotopic (exact) mass is 363 g/mol. The molecule has 1 aliphatic carbocycles. The van der Waals surface area contributed by atoms with Crippen molar-refractivity contribution in [3.8, 4) is 11.5 Å². The highest BCUT2D eigenvalue weighted by molar-refractivity contribution is 7.89. The normalized spacial score (nSPS) is 19.5. The first-order valence-corrected chi connectivity index (χ1v) is 9.40. The smallest absolute Gasteiger partial charge is 0.240 e. The highest BCUT2D eigenvalue weighted by Gasteiger charge is 2.38. The standard InChI is InChI=1S/C18H21NO5S/c1-23-16-10-13-8-9-18(20,15(13)11-17(16)24-2)12-19-25(21,22)14-6-4-3-5-7-14/h3-7,10-11,19-20H,8-9,12H2,1-2H3. The van der Waals surface area contributed by atoms with Crippen molar-refractivity contribution < 1.29 is 23.0 Å². The molecule has 1 atom stereocenters. The van der Waals surface area contributed by atoms with Gasteiger partial charge in [-0.05, 0) is 48.2 Å². The number of aryl methyl sites for hydroxylation is 1. The molecule has 0 fully saturated rings. The molecule has 6 nitrogen and oxygen atoms in total. The van der Waals surface area contributed by atoms with Crippen LogP contribution in [0.15, 0.2) is 47.4 Å². The maximum Gasteiger partial charge on any atom is 0.240 e. The zero-order valence-electron chi connectivity index (χ0n) is 14.2. The predicted octanol–water partition coefficient (Wildman–Crippen LogP) is 1.82. The van der Waals surface area contributed by atoms with Crippen LogP contribution in [-0.2, 0) is 22.0 Å². The maximum absolute atomic E-state index is 12.4. The fourth-order valence-corrected chi connectivity index (χ4v) is 4.23. The van der Waals surface area contributed by atoms with Crippen molar-refractivity contribution in [2.75, 3.05) is 20.8 Å². The number of benzene rings is 2. The Bertz CT molecular complexity index is 867. The summed E-state index contributed by atoms with van der Waals surface area (Å²) in [7, 11) is -0.604. The van der Waals surface area contributed by atoms with E-state index in [1.54, 1.807) is 31.4 Å². The third kappa shape index (κ3) is 3.35. The topological polar surface area (TPSA) is 84.9 Å². The van der Waals surface area contributed by atoms with E-state index in [2.05, 4.69) is 4.72 Å². The van der Waals surface area contributed by atoms with E-state index in [4.69, 9.17) is 9.47 Å². The number of sulfonamides is 1. The van der Waals surface area contributed by atoms with Gasteiger partial charge in [-0.25, -0.2) is 13.1 Å². The second-order valence-corrected chi connectivity index (χ2v) is 7.80. The Morgan fingerprint density at radius 2 is 1.76 bits per heavy atom. The lowest BCUT2D eigenvalue weighted by Crippen LogP contribution is -2.39. The zero-order valence-corrected chi connectivity index (χ0v) is 15.0. The molecule has 1 unspecified atom stereocenters. The summed E-state index contributed by atoms with van der Waals surface area (Å²) in [5, 5.41) is 11.0. The van der Waals surface area contributed by atoms with E-state index in [0.29, 0.717) is 29.9 Å². The number of fused-ring (bicyclic) bond motifs is 1. The van der Waals surface area contributed by atoms with Crippen LogP contribution in [-0.4, -0.2) is 34.3 Å². The molecule has 2 aromatic carbocycles. The highest BCUT2D eigenvalue weighted by Crippen LogP contribution is 2.42. The molecular formula is C18H21NO5S. The SMILES string of the molecule is COc1cc2c(cc1OC)C(O)(CNS(=O)(=O)c1ccccc1)CC2. The van der Waals surface area contributed by atoms with Crippen LogP contribution < -0.4 is 14.2 Å². The van der Waals surface area contributed by atoms with Gasteiger partial charge in [0.1, 0.15) is 5.60 Å². The number of aliphatic hydroxyl groups is 1. The van der Waals surface area contributed by atoms with Gasteiger partial charge in [-0.3, -0.25) is 0 Å². The molecule has 0 saturated carbocycles. The second kappa shape index (κ2) is 6.67. The number of methoxy groups -OCH3 is 2. The molecule has 134 valence electrons. The van der Waals surface area contributed by atoms with Crippen molar-refractivity contribution >= 4 is 10.0 Å². The van der Waals surface area contributed by atoms with Gasteiger partial charge in [0, 0.05) is 6.54 Å². The minimum absolute atomic E-state index is 0.104. The van der Waals surface area contributed by atoms with E-state index in [9.17, 15) is 13.5 Å². The summed E-state index contributed by atoms with van der Waals surface area (Å²) in [5.74, 6) is 1.10. The van der Waals surface area contributed by atoms with Crippen LogP contribution in [0.2, 0.25) is 0 Å². The van der Waals surface area contributed by atoms with E-state index in [0.717, 1.165) is 5.56 Å². The molecule has 0 aromatic heterocycles. The van der Waals surface area contributed by atoms with Gasteiger partial charge in [-0.1, -0.05) is 18.2 Å². The average Bonchev–Trinajstić information content (AvgIpc) is 2.96. The molecule has 0 heterocycles.